The van der Waals surface area contributed by atoms with Crippen molar-refractivity contribution in [2.75, 3.05) is 13.2 Å². The lowest BCUT2D eigenvalue weighted by molar-refractivity contribution is 0.251. The molecule has 0 bridgehead atoms. The molecule has 3 nitrogen and oxygen atoms in total. The Kier molecular flexibility index (Phi) is 2.79. The Hall–Kier alpha value is -1.35. The van der Waals surface area contributed by atoms with Crippen LogP contribution in [0.25, 0.3) is 0 Å². The normalized spacial score (nSPS) is 20.4. The molecule has 1 aliphatic rings. The van der Waals surface area contributed by atoms with E-state index in [1.807, 2.05) is 30.3 Å². The molecule has 2 rings (SSSR count). The molecule has 0 saturated heterocycles. The highest BCUT2D eigenvalue weighted by molar-refractivity contribution is 5.95. The minimum atomic E-state index is 0.121. The van der Waals surface area contributed by atoms with E-state index in [1.54, 1.807) is 0 Å². The fourth-order valence-corrected chi connectivity index (χ4v) is 1.45. The van der Waals surface area contributed by atoms with Crippen molar-refractivity contribution < 1.29 is 9.84 Å². The van der Waals surface area contributed by atoms with E-state index in [2.05, 4.69) is 4.99 Å². The Morgan fingerprint density at radius 1 is 1.36 bits per heavy atom. The number of benzene rings is 1. The van der Waals surface area contributed by atoms with E-state index in [0.717, 1.165) is 5.56 Å². The maximum atomic E-state index is 8.76. The SMILES string of the molecule is OCC[C@H]1COC(c2ccccc2)=N1. The first kappa shape index (κ1) is 9.21. The monoisotopic (exact) mass is 191 g/mol. The molecular formula is C11H13NO2. The summed E-state index contributed by atoms with van der Waals surface area (Å²) in [4.78, 5) is 4.38. The van der Waals surface area contributed by atoms with E-state index in [0.29, 0.717) is 18.9 Å². The smallest absolute Gasteiger partial charge is 0.216 e. The van der Waals surface area contributed by atoms with E-state index < -0.39 is 0 Å². The number of nitrogens with zero attached hydrogens (tertiary/aromatic N) is 1. The molecule has 0 fully saturated rings. The summed E-state index contributed by atoms with van der Waals surface area (Å²) in [5.41, 5.74) is 1.01. The summed E-state index contributed by atoms with van der Waals surface area (Å²) >= 11 is 0. The van der Waals surface area contributed by atoms with E-state index in [1.165, 1.54) is 0 Å². The van der Waals surface area contributed by atoms with E-state index in [-0.39, 0.29) is 12.6 Å². The van der Waals surface area contributed by atoms with Crippen LogP contribution in [-0.4, -0.2) is 30.3 Å². The van der Waals surface area contributed by atoms with Gasteiger partial charge in [-0.25, -0.2) is 4.99 Å². The zero-order valence-electron chi connectivity index (χ0n) is 7.89. The third-order valence-electron chi connectivity index (χ3n) is 2.20. The Bertz CT molecular complexity index is 321. The topological polar surface area (TPSA) is 41.8 Å². The lowest BCUT2D eigenvalue weighted by atomic mass is 10.2. The fourth-order valence-electron chi connectivity index (χ4n) is 1.45. The Morgan fingerprint density at radius 3 is 2.86 bits per heavy atom. The third kappa shape index (κ3) is 1.93. The highest BCUT2D eigenvalue weighted by atomic mass is 16.5. The summed E-state index contributed by atoms with van der Waals surface area (Å²) in [7, 11) is 0. The molecule has 1 aromatic carbocycles. The number of aliphatic hydroxyl groups excluding tert-OH is 1. The molecule has 0 radical (unpaired) electrons. The summed E-state index contributed by atoms with van der Waals surface area (Å²) in [5, 5.41) is 8.76. The van der Waals surface area contributed by atoms with Crippen LogP contribution in [0, 0.1) is 0 Å². The third-order valence-corrected chi connectivity index (χ3v) is 2.20. The second-order valence-electron chi connectivity index (χ2n) is 3.28. The van der Waals surface area contributed by atoms with Crippen LogP contribution in [-0.2, 0) is 4.74 Å². The van der Waals surface area contributed by atoms with Gasteiger partial charge in [-0.2, -0.15) is 0 Å². The molecule has 14 heavy (non-hydrogen) atoms. The highest BCUT2D eigenvalue weighted by Crippen LogP contribution is 2.13. The average Bonchev–Trinajstić information content (AvgIpc) is 2.68. The number of ether oxygens (including phenoxy) is 1. The van der Waals surface area contributed by atoms with Gasteiger partial charge in [0.1, 0.15) is 6.61 Å². The van der Waals surface area contributed by atoms with Gasteiger partial charge in [0.15, 0.2) is 0 Å². The first-order valence-corrected chi connectivity index (χ1v) is 4.77. The van der Waals surface area contributed by atoms with E-state index >= 15 is 0 Å². The van der Waals surface area contributed by atoms with Crippen molar-refractivity contribution in [3.63, 3.8) is 0 Å². The number of aliphatic imine (C=N–C) groups is 1. The maximum absolute atomic E-state index is 8.76. The van der Waals surface area contributed by atoms with Crippen LogP contribution in [0.2, 0.25) is 0 Å². The second kappa shape index (κ2) is 4.24. The van der Waals surface area contributed by atoms with Gasteiger partial charge in [0.25, 0.3) is 0 Å². The number of rotatable bonds is 3. The molecule has 1 N–H and O–H groups in total. The van der Waals surface area contributed by atoms with E-state index in [9.17, 15) is 0 Å². The van der Waals surface area contributed by atoms with Gasteiger partial charge < -0.3 is 9.84 Å². The van der Waals surface area contributed by atoms with Gasteiger partial charge in [0.05, 0.1) is 6.04 Å². The quantitative estimate of drug-likeness (QED) is 0.780. The highest BCUT2D eigenvalue weighted by Gasteiger charge is 2.18. The first-order chi connectivity index (χ1) is 6.90. The molecule has 0 aromatic heterocycles. The molecule has 0 saturated carbocycles. The van der Waals surface area contributed by atoms with Gasteiger partial charge in [-0.15, -0.1) is 0 Å². The van der Waals surface area contributed by atoms with Gasteiger partial charge in [0, 0.05) is 12.2 Å². The molecule has 3 heteroatoms. The van der Waals surface area contributed by atoms with Crippen molar-refractivity contribution in [3.8, 4) is 0 Å². The van der Waals surface area contributed by atoms with Crippen LogP contribution >= 0.6 is 0 Å². The lowest BCUT2D eigenvalue weighted by Gasteiger charge is -1.99. The predicted molar refractivity (Wildman–Crippen MR) is 54.4 cm³/mol. The summed E-state index contributed by atoms with van der Waals surface area (Å²) in [6.45, 7) is 0.754. The van der Waals surface area contributed by atoms with Crippen molar-refractivity contribution in [3.05, 3.63) is 35.9 Å². The van der Waals surface area contributed by atoms with Crippen LogP contribution in [0.1, 0.15) is 12.0 Å². The number of hydrogen-bond donors (Lipinski definition) is 1. The van der Waals surface area contributed by atoms with Crippen molar-refractivity contribution in [2.24, 2.45) is 4.99 Å². The molecule has 0 unspecified atom stereocenters. The fraction of sp³-hybridized carbons (Fsp3) is 0.364. The molecule has 0 aliphatic carbocycles. The van der Waals surface area contributed by atoms with Crippen molar-refractivity contribution in [1.29, 1.82) is 0 Å². The standard InChI is InChI=1S/C11H13NO2/c13-7-6-10-8-14-11(12-10)9-4-2-1-3-5-9/h1-5,10,13H,6-8H2/t10-/m0/s1. The molecule has 1 aromatic rings. The summed E-state index contributed by atoms with van der Waals surface area (Å²) < 4.78 is 5.44. The van der Waals surface area contributed by atoms with Crippen LogP contribution < -0.4 is 0 Å². The van der Waals surface area contributed by atoms with Gasteiger partial charge in [-0.3, -0.25) is 0 Å². The molecule has 0 amide bonds. The minimum absolute atomic E-state index is 0.121. The van der Waals surface area contributed by atoms with Crippen molar-refractivity contribution >= 4 is 5.90 Å². The van der Waals surface area contributed by atoms with Gasteiger partial charge >= 0.3 is 0 Å². The summed E-state index contributed by atoms with van der Waals surface area (Å²) in [6.07, 6.45) is 0.677. The van der Waals surface area contributed by atoms with Crippen LogP contribution in [0.4, 0.5) is 0 Å². The van der Waals surface area contributed by atoms with Crippen LogP contribution in [0.15, 0.2) is 35.3 Å². The van der Waals surface area contributed by atoms with Crippen molar-refractivity contribution in [1.82, 2.24) is 0 Å². The van der Waals surface area contributed by atoms with Gasteiger partial charge in [-0.1, -0.05) is 18.2 Å². The average molecular weight is 191 g/mol. The number of hydrogen-bond acceptors (Lipinski definition) is 3. The van der Waals surface area contributed by atoms with Crippen LogP contribution in [0.5, 0.6) is 0 Å². The van der Waals surface area contributed by atoms with Crippen molar-refractivity contribution in [2.45, 2.75) is 12.5 Å². The van der Waals surface area contributed by atoms with E-state index in [4.69, 9.17) is 9.84 Å². The molecule has 1 atom stereocenters. The summed E-state index contributed by atoms with van der Waals surface area (Å²) in [6, 6.07) is 9.95. The zero-order chi connectivity index (χ0) is 9.80. The first-order valence-electron chi connectivity index (χ1n) is 4.77. The molecule has 1 aliphatic heterocycles. The Morgan fingerprint density at radius 2 is 2.14 bits per heavy atom. The Labute approximate surface area is 83.1 Å². The second-order valence-corrected chi connectivity index (χ2v) is 3.28. The predicted octanol–water partition coefficient (Wildman–Crippen LogP) is 1.21. The minimum Gasteiger partial charge on any atom is -0.475 e. The Balaban J connectivity index is 2.10. The maximum Gasteiger partial charge on any atom is 0.216 e. The lowest BCUT2D eigenvalue weighted by Crippen LogP contribution is -2.07. The van der Waals surface area contributed by atoms with Crippen LogP contribution in [0.3, 0.4) is 0 Å². The largest absolute Gasteiger partial charge is 0.475 e. The molecule has 1 heterocycles. The number of aliphatic hydroxyl groups is 1. The van der Waals surface area contributed by atoms with Gasteiger partial charge in [0.2, 0.25) is 5.90 Å². The molecule has 0 spiro atoms. The molecular weight excluding hydrogens is 178 g/mol. The van der Waals surface area contributed by atoms with Gasteiger partial charge in [-0.05, 0) is 18.6 Å². The molecule has 74 valence electrons. The summed E-state index contributed by atoms with van der Waals surface area (Å²) in [5.74, 6) is 0.698. The zero-order valence-corrected chi connectivity index (χ0v) is 7.89.